The van der Waals surface area contributed by atoms with Crippen molar-refractivity contribution in [2.24, 2.45) is 29.6 Å². The second-order valence-corrected chi connectivity index (χ2v) is 9.09. The highest BCUT2D eigenvalue weighted by Crippen LogP contribution is 2.40. The number of ether oxygens (including phenoxy) is 1. The molecule has 0 radical (unpaired) electrons. The molecule has 0 aromatic carbocycles. The molecule has 2 fully saturated rings. The molecule has 0 aliphatic heterocycles. The van der Waals surface area contributed by atoms with Crippen molar-refractivity contribution in [1.29, 1.82) is 0 Å². The van der Waals surface area contributed by atoms with Gasteiger partial charge in [0.15, 0.2) is 0 Å². The Morgan fingerprint density at radius 1 is 0.964 bits per heavy atom. The second kappa shape index (κ2) is 11.5. The van der Waals surface area contributed by atoms with Crippen LogP contribution in [0.25, 0.3) is 0 Å². The van der Waals surface area contributed by atoms with E-state index < -0.39 is 17.9 Å². The molecule has 2 saturated carbocycles. The third-order valence-corrected chi connectivity index (χ3v) is 6.72. The second-order valence-electron chi connectivity index (χ2n) is 9.09. The first-order chi connectivity index (χ1) is 13.3. The van der Waals surface area contributed by atoms with Gasteiger partial charge in [-0.05, 0) is 55.8 Å². The topological polar surface area (TPSA) is 29.5 Å². The van der Waals surface area contributed by atoms with E-state index >= 15 is 0 Å². The lowest BCUT2D eigenvalue weighted by molar-refractivity contribution is -0.0821. The van der Waals surface area contributed by atoms with Gasteiger partial charge in [0.1, 0.15) is 12.6 Å². The van der Waals surface area contributed by atoms with Gasteiger partial charge >= 0.3 is 6.18 Å². The van der Waals surface area contributed by atoms with Gasteiger partial charge in [0.05, 0.1) is 12.7 Å². The first-order valence-corrected chi connectivity index (χ1v) is 10.9. The van der Waals surface area contributed by atoms with Crippen molar-refractivity contribution in [2.45, 2.75) is 83.7 Å². The summed E-state index contributed by atoms with van der Waals surface area (Å²) in [7, 11) is 0. The van der Waals surface area contributed by atoms with Crippen LogP contribution >= 0.6 is 0 Å². The Labute approximate surface area is 166 Å². The molecule has 164 valence electrons. The molecule has 28 heavy (non-hydrogen) atoms. The highest BCUT2D eigenvalue weighted by atomic mass is 19.4. The molecule has 0 saturated heterocycles. The number of rotatable bonds is 9. The van der Waals surface area contributed by atoms with Gasteiger partial charge in [0.2, 0.25) is 0 Å². The molecule has 0 aromatic rings. The fourth-order valence-corrected chi connectivity index (χ4v) is 5.12. The third-order valence-electron chi connectivity index (χ3n) is 6.72. The molecular weight excluding hydrogens is 372 g/mol. The van der Waals surface area contributed by atoms with Gasteiger partial charge in [0.25, 0.3) is 0 Å². The molecule has 0 aromatic heterocycles. The van der Waals surface area contributed by atoms with Crippen molar-refractivity contribution in [1.82, 2.24) is 0 Å². The minimum absolute atomic E-state index is 0.159. The zero-order chi connectivity index (χ0) is 20.6. The van der Waals surface area contributed by atoms with Crippen LogP contribution in [0.1, 0.15) is 77.6 Å². The van der Waals surface area contributed by atoms with Gasteiger partial charge in [-0.3, -0.25) is 0 Å². The van der Waals surface area contributed by atoms with Crippen molar-refractivity contribution in [3.05, 3.63) is 11.9 Å². The number of hydrogen-bond acceptors (Lipinski definition) is 2. The average molecular weight is 409 g/mol. The molecule has 2 aliphatic rings. The summed E-state index contributed by atoms with van der Waals surface area (Å²) in [5, 5.41) is 8.72. The van der Waals surface area contributed by atoms with Gasteiger partial charge in [-0.2, -0.15) is 13.2 Å². The van der Waals surface area contributed by atoms with Gasteiger partial charge in [-0.25, -0.2) is 4.39 Å². The van der Waals surface area contributed by atoms with Gasteiger partial charge < -0.3 is 9.84 Å². The molecule has 2 rings (SSSR count). The summed E-state index contributed by atoms with van der Waals surface area (Å²) < 4.78 is 55.6. The first kappa shape index (κ1) is 23.7. The van der Waals surface area contributed by atoms with Gasteiger partial charge in [-0.15, -0.1) is 0 Å². The van der Waals surface area contributed by atoms with Crippen molar-refractivity contribution in [3.63, 3.8) is 0 Å². The number of alkyl halides is 3. The Morgan fingerprint density at radius 2 is 1.46 bits per heavy atom. The first-order valence-electron chi connectivity index (χ1n) is 10.9. The van der Waals surface area contributed by atoms with Crippen LogP contribution in [0.5, 0.6) is 0 Å². The normalized spacial score (nSPS) is 31.0. The van der Waals surface area contributed by atoms with Crippen LogP contribution < -0.4 is 0 Å². The molecule has 0 heterocycles. The predicted molar refractivity (Wildman–Crippen MR) is 102 cm³/mol. The van der Waals surface area contributed by atoms with Crippen molar-refractivity contribution in [2.75, 3.05) is 13.4 Å². The standard InChI is InChI=1S/C22H36F4O2/c1-16(14-28-15-27)12-19-6-4-17(5-7-19)2-3-18-8-10-20(11-9-18)21(23)13-22(24,25)26/h13,16-20,27H,2-12,14-15H2,1H3/b21-13-. The highest BCUT2D eigenvalue weighted by Gasteiger charge is 2.31. The molecule has 0 spiro atoms. The maximum atomic E-state index is 13.7. The van der Waals surface area contributed by atoms with E-state index in [2.05, 4.69) is 6.92 Å². The molecule has 1 unspecified atom stereocenters. The van der Waals surface area contributed by atoms with Crippen LogP contribution in [0.4, 0.5) is 17.6 Å². The van der Waals surface area contributed by atoms with E-state index in [-0.39, 0.29) is 12.9 Å². The lowest BCUT2D eigenvalue weighted by Crippen LogP contribution is -2.20. The van der Waals surface area contributed by atoms with E-state index in [1.165, 1.54) is 32.1 Å². The number of allylic oxidation sites excluding steroid dienone is 2. The highest BCUT2D eigenvalue weighted by molar-refractivity contribution is 5.03. The lowest BCUT2D eigenvalue weighted by atomic mass is 9.74. The fraction of sp³-hybridized carbons (Fsp3) is 0.909. The molecule has 1 atom stereocenters. The summed E-state index contributed by atoms with van der Waals surface area (Å²) in [4.78, 5) is 0. The summed E-state index contributed by atoms with van der Waals surface area (Å²) in [6, 6.07) is 0. The van der Waals surface area contributed by atoms with Crippen LogP contribution in [-0.4, -0.2) is 24.7 Å². The maximum absolute atomic E-state index is 13.7. The Bertz CT molecular complexity index is 462. The van der Waals surface area contributed by atoms with Crippen LogP contribution in [0.3, 0.4) is 0 Å². The number of aliphatic hydroxyl groups excluding tert-OH is 1. The third kappa shape index (κ3) is 8.81. The predicted octanol–water partition coefficient (Wildman–Crippen LogP) is 6.79. The minimum atomic E-state index is -4.55. The monoisotopic (exact) mass is 408 g/mol. The number of hydrogen-bond donors (Lipinski definition) is 1. The van der Waals surface area contributed by atoms with E-state index in [0.717, 1.165) is 37.5 Å². The minimum Gasteiger partial charge on any atom is -0.371 e. The quantitative estimate of drug-likeness (QED) is 0.336. The molecule has 2 nitrogen and oxygen atoms in total. The largest absolute Gasteiger partial charge is 0.412 e. The molecule has 6 heteroatoms. The van der Waals surface area contributed by atoms with Crippen LogP contribution in [0.2, 0.25) is 0 Å². The number of aliphatic hydroxyl groups is 1. The number of halogens is 4. The Morgan fingerprint density at radius 3 is 1.96 bits per heavy atom. The van der Waals surface area contributed by atoms with Crippen molar-refractivity contribution in [3.8, 4) is 0 Å². The Kier molecular flexibility index (Phi) is 9.75. The van der Waals surface area contributed by atoms with E-state index in [0.29, 0.717) is 31.3 Å². The average Bonchev–Trinajstić information content (AvgIpc) is 2.65. The van der Waals surface area contributed by atoms with E-state index in [1.807, 2.05) is 0 Å². The zero-order valence-electron chi connectivity index (χ0n) is 17.0. The van der Waals surface area contributed by atoms with E-state index in [4.69, 9.17) is 9.84 Å². The van der Waals surface area contributed by atoms with Crippen molar-refractivity contribution >= 4 is 0 Å². The van der Waals surface area contributed by atoms with Crippen LogP contribution in [0.15, 0.2) is 11.9 Å². The summed E-state index contributed by atoms with van der Waals surface area (Å²) in [6.07, 6.45) is 6.61. The van der Waals surface area contributed by atoms with E-state index in [9.17, 15) is 17.6 Å². The molecular formula is C22H36F4O2. The lowest BCUT2D eigenvalue weighted by Gasteiger charge is -2.32. The summed E-state index contributed by atoms with van der Waals surface area (Å²) in [5.74, 6) is 1.03. The maximum Gasteiger partial charge on any atom is 0.412 e. The Hall–Kier alpha value is -0.620. The zero-order valence-corrected chi connectivity index (χ0v) is 17.0. The SMILES string of the molecule is CC(COCO)CC1CCC(CCC2CCC(/C(F)=C/C(F)(F)F)CC2)CC1. The molecule has 0 bridgehead atoms. The summed E-state index contributed by atoms with van der Waals surface area (Å²) in [5.41, 5.74) is 0. The summed E-state index contributed by atoms with van der Waals surface area (Å²) >= 11 is 0. The van der Waals surface area contributed by atoms with Gasteiger partial charge in [-0.1, -0.05) is 45.4 Å². The smallest absolute Gasteiger partial charge is 0.371 e. The summed E-state index contributed by atoms with van der Waals surface area (Å²) in [6.45, 7) is 2.59. The Balaban J connectivity index is 1.60. The molecule has 1 N–H and O–H groups in total. The fourth-order valence-electron chi connectivity index (χ4n) is 5.12. The van der Waals surface area contributed by atoms with Crippen molar-refractivity contribution < 1.29 is 27.4 Å². The van der Waals surface area contributed by atoms with Gasteiger partial charge in [0, 0.05) is 5.92 Å². The van der Waals surface area contributed by atoms with Crippen LogP contribution in [0, 0.1) is 29.6 Å². The van der Waals surface area contributed by atoms with E-state index in [1.54, 1.807) is 0 Å². The molecule has 2 aliphatic carbocycles. The molecule has 0 amide bonds. The van der Waals surface area contributed by atoms with Crippen LogP contribution in [-0.2, 0) is 4.74 Å².